The molecule has 3 unspecified atom stereocenters. The highest BCUT2D eigenvalue weighted by atomic mass is 16.5. The molecule has 2 rings (SSSR count). The van der Waals surface area contributed by atoms with E-state index in [1.54, 1.807) is 0 Å². The molecule has 2 aliphatic heterocycles. The van der Waals surface area contributed by atoms with Gasteiger partial charge >= 0.3 is 0 Å². The minimum atomic E-state index is 0.735. The van der Waals surface area contributed by atoms with Crippen LogP contribution in [0, 0.1) is 0 Å². The fraction of sp³-hybridized carbons (Fsp3) is 1.00. The Kier molecular flexibility index (Phi) is 2.37. The molecule has 0 spiro atoms. The summed E-state index contributed by atoms with van der Waals surface area (Å²) in [6, 6.07) is 2.23. The summed E-state index contributed by atoms with van der Waals surface area (Å²) in [5.41, 5.74) is 0. The van der Waals surface area contributed by atoms with Crippen LogP contribution < -0.4 is 0 Å². The Morgan fingerprint density at radius 3 is 2.42 bits per heavy atom. The van der Waals surface area contributed by atoms with Gasteiger partial charge in [-0.1, -0.05) is 6.92 Å². The Hall–Kier alpha value is -0.0800. The van der Waals surface area contributed by atoms with Gasteiger partial charge in [-0.2, -0.15) is 0 Å². The minimum Gasteiger partial charge on any atom is -0.378 e. The Bertz CT molecular complexity index is 144. The van der Waals surface area contributed by atoms with Crippen LogP contribution in [0.5, 0.6) is 0 Å². The van der Waals surface area contributed by atoms with E-state index in [9.17, 15) is 0 Å². The zero-order valence-electron chi connectivity index (χ0n) is 8.12. The lowest BCUT2D eigenvalue weighted by atomic mass is 10.1. The molecule has 0 aromatic carbocycles. The van der Waals surface area contributed by atoms with Crippen LogP contribution in [-0.4, -0.2) is 36.2 Å². The molecule has 2 heteroatoms. The molecular weight excluding hydrogens is 150 g/mol. The Morgan fingerprint density at radius 2 is 1.92 bits per heavy atom. The number of morpholine rings is 1. The van der Waals surface area contributed by atoms with Crippen molar-refractivity contribution in [2.45, 2.75) is 51.2 Å². The largest absolute Gasteiger partial charge is 0.378 e. The maximum absolute atomic E-state index is 5.54. The number of nitrogens with zero attached hydrogens (tertiary/aromatic N) is 1. The van der Waals surface area contributed by atoms with Gasteiger partial charge in [-0.3, -0.25) is 4.90 Å². The van der Waals surface area contributed by atoms with Gasteiger partial charge in [-0.15, -0.1) is 0 Å². The van der Waals surface area contributed by atoms with Crippen molar-refractivity contribution in [3.8, 4) is 0 Å². The van der Waals surface area contributed by atoms with Crippen LogP contribution in [0.2, 0.25) is 0 Å². The average Bonchev–Trinajstić information content (AvgIpc) is 2.35. The van der Waals surface area contributed by atoms with E-state index in [2.05, 4.69) is 18.7 Å². The van der Waals surface area contributed by atoms with Gasteiger partial charge in [-0.05, 0) is 26.2 Å². The fourth-order valence-electron chi connectivity index (χ4n) is 2.59. The first-order chi connectivity index (χ1) is 5.83. The van der Waals surface area contributed by atoms with Gasteiger partial charge in [0.05, 0.1) is 13.2 Å². The third-order valence-electron chi connectivity index (χ3n) is 3.40. The van der Waals surface area contributed by atoms with Crippen LogP contribution in [0.15, 0.2) is 0 Å². The van der Waals surface area contributed by atoms with E-state index >= 15 is 0 Å². The molecule has 0 aliphatic carbocycles. The first-order valence-electron chi connectivity index (χ1n) is 5.18. The second-order valence-corrected chi connectivity index (χ2v) is 4.13. The van der Waals surface area contributed by atoms with E-state index < -0.39 is 0 Å². The van der Waals surface area contributed by atoms with Gasteiger partial charge in [0.2, 0.25) is 0 Å². The predicted molar refractivity (Wildman–Crippen MR) is 49.2 cm³/mol. The second kappa shape index (κ2) is 3.35. The highest BCUT2D eigenvalue weighted by Gasteiger charge is 2.39. The maximum Gasteiger partial charge on any atom is 0.0622 e. The summed E-state index contributed by atoms with van der Waals surface area (Å²) in [6.45, 7) is 6.57. The summed E-state index contributed by atoms with van der Waals surface area (Å²) in [4.78, 5) is 2.68. The first-order valence-corrected chi connectivity index (χ1v) is 5.18. The standard InChI is InChI=1S/C10H19NO/c1-3-8(2)11-9-4-5-10(11)7-12-6-9/h8-10H,3-7H2,1-2H3. The Morgan fingerprint density at radius 1 is 1.33 bits per heavy atom. The van der Waals surface area contributed by atoms with Gasteiger partial charge in [-0.25, -0.2) is 0 Å². The highest BCUT2D eigenvalue weighted by molar-refractivity contribution is 4.92. The molecule has 2 fully saturated rings. The molecule has 2 heterocycles. The lowest BCUT2D eigenvalue weighted by Gasteiger charge is -2.38. The lowest BCUT2D eigenvalue weighted by molar-refractivity contribution is -0.0333. The topological polar surface area (TPSA) is 12.5 Å². The summed E-state index contributed by atoms with van der Waals surface area (Å²) in [6.07, 6.45) is 3.98. The molecule has 2 aliphatic rings. The zero-order chi connectivity index (χ0) is 8.55. The van der Waals surface area contributed by atoms with Crippen molar-refractivity contribution in [3.63, 3.8) is 0 Å². The van der Waals surface area contributed by atoms with Crippen LogP contribution in [0.4, 0.5) is 0 Å². The van der Waals surface area contributed by atoms with Crippen molar-refractivity contribution in [3.05, 3.63) is 0 Å². The molecule has 0 radical (unpaired) electrons. The quantitative estimate of drug-likeness (QED) is 0.623. The highest BCUT2D eigenvalue weighted by Crippen LogP contribution is 2.31. The third-order valence-corrected chi connectivity index (χ3v) is 3.40. The molecule has 0 aromatic rings. The molecule has 0 saturated carbocycles. The smallest absolute Gasteiger partial charge is 0.0622 e. The molecule has 12 heavy (non-hydrogen) atoms. The predicted octanol–water partition coefficient (Wildman–Crippen LogP) is 1.65. The van der Waals surface area contributed by atoms with Crippen molar-refractivity contribution in [2.24, 2.45) is 0 Å². The minimum absolute atomic E-state index is 0.735. The van der Waals surface area contributed by atoms with Crippen LogP contribution in [0.3, 0.4) is 0 Å². The zero-order valence-corrected chi connectivity index (χ0v) is 8.12. The van der Waals surface area contributed by atoms with Crippen LogP contribution in [0.1, 0.15) is 33.1 Å². The number of hydrogen-bond donors (Lipinski definition) is 0. The Labute approximate surface area is 74.9 Å². The van der Waals surface area contributed by atoms with Crippen molar-refractivity contribution in [1.29, 1.82) is 0 Å². The molecule has 3 atom stereocenters. The normalized spacial score (nSPS) is 38.5. The van der Waals surface area contributed by atoms with E-state index in [1.165, 1.54) is 19.3 Å². The van der Waals surface area contributed by atoms with Crippen LogP contribution >= 0.6 is 0 Å². The van der Waals surface area contributed by atoms with Crippen LogP contribution in [0.25, 0.3) is 0 Å². The lowest BCUT2D eigenvalue weighted by Crippen LogP contribution is -2.49. The van der Waals surface area contributed by atoms with Gasteiger partial charge in [0.15, 0.2) is 0 Å². The van der Waals surface area contributed by atoms with Gasteiger partial charge in [0, 0.05) is 18.1 Å². The number of fused-ring (bicyclic) bond motifs is 2. The molecule has 2 bridgehead atoms. The average molecular weight is 169 g/mol. The first kappa shape index (κ1) is 8.52. The summed E-state index contributed by atoms with van der Waals surface area (Å²) in [5.74, 6) is 0. The number of rotatable bonds is 2. The molecular formula is C10H19NO. The van der Waals surface area contributed by atoms with Crippen molar-refractivity contribution < 1.29 is 4.74 Å². The molecule has 0 N–H and O–H groups in total. The molecule has 2 nitrogen and oxygen atoms in total. The van der Waals surface area contributed by atoms with Crippen molar-refractivity contribution in [2.75, 3.05) is 13.2 Å². The van der Waals surface area contributed by atoms with E-state index in [0.717, 1.165) is 31.3 Å². The maximum atomic E-state index is 5.54. The SMILES string of the molecule is CCC(C)N1C2CCC1COC2. The molecule has 0 aromatic heterocycles. The fourth-order valence-corrected chi connectivity index (χ4v) is 2.59. The van der Waals surface area contributed by atoms with Crippen molar-refractivity contribution in [1.82, 2.24) is 4.90 Å². The molecule has 0 amide bonds. The monoisotopic (exact) mass is 169 g/mol. The van der Waals surface area contributed by atoms with E-state index in [4.69, 9.17) is 4.74 Å². The van der Waals surface area contributed by atoms with Crippen molar-refractivity contribution >= 4 is 0 Å². The van der Waals surface area contributed by atoms with Gasteiger partial charge in [0.25, 0.3) is 0 Å². The summed E-state index contributed by atoms with van der Waals surface area (Å²) >= 11 is 0. The Balaban J connectivity index is 2.05. The van der Waals surface area contributed by atoms with E-state index in [0.29, 0.717) is 0 Å². The summed E-state index contributed by atoms with van der Waals surface area (Å²) in [5, 5.41) is 0. The summed E-state index contributed by atoms with van der Waals surface area (Å²) in [7, 11) is 0. The molecule has 70 valence electrons. The van der Waals surface area contributed by atoms with Gasteiger partial charge in [0.1, 0.15) is 0 Å². The summed E-state index contributed by atoms with van der Waals surface area (Å²) < 4.78 is 5.54. The van der Waals surface area contributed by atoms with E-state index in [1.807, 2.05) is 0 Å². The number of hydrogen-bond acceptors (Lipinski definition) is 2. The second-order valence-electron chi connectivity index (χ2n) is 4.13. The van der Waals surface area contributed by atoms with Gasteiger partial charge < -0.3 is 4.74 Å². The van der Waals surface area contributed by atoms with E-state index in [-0.39, 0.29) is 0 Å². The third kappa shape index (κ3) is 1.27. The molecule has 2 saturated heterocycles. The van der Waals surface area contributed by atoms with Crippen LogP contribution in [-0.2, 0) is 4.74 Å². The number of ether oxygens (including phenoxy) is 1.